The number of nitrogens with one attached hydrogen (secondary N) is 1. The second kappa shape index (κ2) is 9.59. The Hall–Kier alpha value is -2.43. The van der Waals surface area contributed by atoms with Gasteiger partial charge in [0.2, 0.25) is 5.91 Å². The predicted octanol–water partition coefficient (Wildman–Crippen LogP) is 5.80. The molecule has 1 aliphatic rings. The second-order valence-electron chi connectivity index (χ2n) is 8.14. The predicted molar refractivity (Wildman–Crippen MR) is 122 cm³/mol. The Kier molecular flexibility index (Phi) is 6.66. The first-order valence-electron chi connectivity index (χ1n) is 10.7. The third kappa shape index (κ3) is 4.66. The van der Waals surface area contributed by atoms with Crippen molar-refractivity contribution in [1.82, 2.24) is 4.98 Å². The van der Waals surface area contributed by atoms with Crippen LogP contribution >= 0.6 is 11.6 Å². The normalized spacial score (nSPS) is 20.1. The van der Waals surface area contributed by atoms with E-state index in [0.717, 1.165) is 36.9 Å². The quantitative estimate of drug-likeness (QED) is 0.527. The number of rotatable bonds is 6. The molecule has 0 radical (unpaired) electrons. The summed E-state index contributed by atoms with van der Waals surface area (Å²) in [4.78, 5) is 17.4. The fourth-order valence-electron chi connectivity index (χ4n) is 4.79. The van der Waals surface area contributed by atoms with Crippen molar-refractivity contribution in [3.63, 3.8) is 0 Å². The van der Waals surface area contributed by atoms with Gasteiger partial charge >= 0.3 is 0 Å². The van der Waals surface area contributed by atoms with Gasteiger partial charge in [0.15, 0.2) is 0 Å². The second-order valence-corrected chi connectivity index (χ2v) is 8.58. The molecule has 0 unspecified atom stereocenters. The Balaban J connectivity index is 1.44. The van der Waals surface area contributed by atoms with E-state index >= 15 is 0 Å². The van der Waals surface area contributed by atoms with Crippen molar-refractivity contribution in [3.05, 3.63) is 71.4 Å². The number of aliphatic hydroxyl groups is 1. The van der Waals surface area contributed by atoms with Gasteiger partial charge in [-0.2, -0.15) is 0 Å². The van der Waals surface area contributed by atoms with E-state index in [9.17, 15) is 9.90 Å². The molecule has 1 aromatic heterocycles. The van der Waals surface area contributed by atoms with E-state index in [1.54, 1.807) is 12.1 Å². The van der Waals surface area contributed by atoms with Gasteiger partial charge in [0.05, 0.1) is 5.52 Å². The van der Waals surface area contributed by atoms with Crippen LogP contribution in [0.25, 0.3) is 10.9 Å². The maximum atomic E-state index is 12.9. The molecule has 1 atom stereocenters. The molecule has 0 saturated heterocycles. The van der Waals surface area contributed by atoms with Gasteiger partial charge in [-0.1, -0.05) is 29.8 Å². The number of fused-ring (bicyclic) bond motifs is 1. The highest BCUT2D eigenvalue weighted by Crippen LogP contribution is 2.41. The Morgan fingerprint density at radius 2 is 1.80 bits per heavy atom. The van der Waals surface area contributed by atoms with Crippen molar-refractivity contribution in [2.75, 3.05) is 11.9 Å². The molecule has 30 heavy (non-hydrogen) atoms. The van der Waals surface area contributed by atoms with Crippen LogP contribution in [0.5, 0.6) is 0 Å². The molecule has 0 spiro atoms. The number of benzene rings is 2. The summed E-state index contributed by atoms with van der Waals surface area (Å²) in [6, 6.07) is 17.6. The lowest BCUT2D eigenvalue weighted by Gasteiger charge is -2.33. The summed E-state index contributed by atoms with van der Waals surface area (Å²) >= 11 is 5.93. The van der Waals surface area contributed by atoms with E-state index in [-0.39, 0.29) is 24.3 Å². The molecule has 4 rings (SSSR count). The number of carbonyl (C=O) groups is 1. The van der Waals surface area contributed by atoms with Crippen LogP contribution in [-0.2, 0) is 4.79 Å². The zero-order valence-corrected chi connectivity index (χ0v) is 17.7. The van der Waals surface area contributed by atoms with Gasteiger partial charge in [-0.05, 0) is 85.9 Å². The molecule has 4 nitrogen and oxygen atoms in total. The number of para-hydroxylation sites is 1. The first-order valence-corrected chi connectivity index (χ1v) is 11.0. The van der Waals surface area contributed by atoms with E-state index in [2.05, 4.69) is 34.6 Å². The van der Waals surface area contributed by atoms with Crippen LogP contribution in [-0.4, -0.2) is 22.6 Å². The zero-order chi connectivity index (χ0) is 20.9. The molecular formula is C25H27ClN2O2. The van der Waals surface area contributed by atoms with Gasteiger partial charge < -0.3 is 10.4 Å². The van der Waals surface area contributed by atoms with E-state index in [1.165, 1.54) is 10.9 Å². The zero-order valence-electron chi connectivity index (χ0n) is 16.9. The number of nitrogens with zero attached hydrogens (tertiary/aromatic N) is 1. The maximum Gasteiger partial charge on any atom is 0.227 e. The van der Waals surface area contributed by atoms with Gasteiger partial charge in [-0.25, -0.2) is 0 Å². The molecule has 1 heterocycles. The molecule has 3 aromatic rings. The van der Waals surface area contributed by atoms with Gasteiger partial charge in [0, 0.05) is 34.8 Å². The number of anilines is 1. The molecule has 2 N–H and O–H groups in total. The fraction of sp³-hybridized carbons (Fsp3) is 0.360. The lowest BCUT2D eigenvalue weighted by atomic mass is 9.72. The van der Waals surface area contributed by atoms with Crippen molar-refractivity contribution in [2.24, 2.45) is 11.8 Å². The SMILES string of the molecule is O=C(Nc1ccc(Cl)cc1)[C@H](CCO)[C@H]1CC[C@@H](c2ccnc3ccccc32)CC1. The van der Waals surface area contributed by atoms with Crippen LogP contribution in [0, 0.1) is 11.8 Å². The number of halogens is 1. The lowest BCUT2D eigenvalue weighted by Crippen LogP contribution is -2.32. The molecule has 2 aromatic carbocycles. The first-order chi connectivity index (χ1) is 14.7. The van der Waals surface area contributed by atoms with Gasteiger partial charge in [0.25, 0.3) is 0 Å². The summed E-state index contributed by atoms with van der Waals surface area (Å²) in [5.74, 6) is 0.585. The summed E-state index contributed by atoms with van der Waals surface area (Å²) in [7, 11) is 0. The number of amides is 1. The number of hydrogen-bond donors (Lipinski definition) is 2. The largest absolute Gasteiger partial charge is 0.396 e. The van der Waals surface area contributed by atoms with Crippen molar-refractivity contribution in [2.45, 2.75) is 38.0 Å². The number of carbonyl (C=O) groups excluding carboxylic acids is 1. The number of aliphatic hydroxyl groups excluding tert-OH is 1. The Morgan fingerprint density at radius 1 is 1.07 bits per heavy atom. The van der Waals surface area contributed by atoms with Gasteiger partial charge in [-0.3, -0.25) is 9.78 Å². The van der Waals surface area contributed by atoms with Crippen LogP contribution < -0.4 is 5.32 Å². The van der Waals surface area contributed by atoms with Crippen LogP contribution in [0.15, 0.2) is 60.8 Å². The van der Waals surface area contributed by atoms with E-state index in [0.29, 0.717) is 17.4 Å². The monoisotopic (exact) mass is 422 g/mol. The Morgan fingerprint density at radius 3 is 2.53 bits per heavy atom. The molecule has 0 bridgehead atoms. The van der Waals surface area contributed by atoms with E-state index < -0.39 is 0 Å². The highest BCUT2D eigenvalue weighted by molar-refractivity contribution is 6.30. The van der Waals surface area contributed by atoms with Crippen LogP contribution in [0.4, 0.5) is 5.69 Å². The third-order valence-electron chi connectivity index (χ3n) is 6.35. The minimum atomic E-state index is -0.180. The van der Waals surface area contributed by atoms with Crippen molar-refractivity contribution < 1.29 is 9.90 Å². The Bertz CT molecular complexity index is 992. The Labute approximate surface area is 182 Å². The number of hydrogen-bond acceptors (Lipinski definition) is 3. The van der Waals surface area contributed by atoms with Crippen molar-refractivity contribution >= 4 is 34.1 Å². The topological polar surface area (TPSA) is 62.2 Å². The van der Waals surface area contributed by atoms with Crippen LogP contribution in [0.2, 0.25) is 5.02 Å². The van der Waals surface area contributed by atoms with Crippen molar-refractivity contribution in [1.29, 1.82) is 0 Å². The summed E-state index contributed by atoms with van der Waals surface area (Å²) in [5.41, 5.74) is 3.14. The minimum Gasteiger partial charge on any atom is -0.396 e. The smallest absolute Gasteiger partial charge is 0.227 e. The van der Waals surface area contributed by atoms with E-state index in [1.807, 2.05) is 24.4 Å². The van der Waals surface area contributed by atoms with Crippen LogP contribution in [0.3, 0.4) is 0 Å². The average Bonchev–Trinajstić information content (AvgIpc) is 2.79. The molecule has 1 saturated carbocycles. The molecular weight excluding hydrogens is 396 g/mol. The van der Waals surface area contributed by atoms with Crippen molar-refractivity contribution in [3.8, 4) is 0 Å². The summed E-state index contributed by atoms with van der Waals surface area (Å²) in [6.07, 6.45) is 6.47. The molecule has 1 fully saturated rings. The molecule has 156 valence electrons. The first kappa shape index (κ1) is 20.8. The van der Waals surface area contributed by atoms with Gasteiger partial charge in [-0.15, -0.1) is 0 Å². The summed E-state index contributed by atoms with van der Waals surface area (Å²) in [5, 5.41) is 14.4. The van der Waals surface area contributed by atoms with E-state index in [4.69, 9.17) is 11.6 Å². The summed E-state index contributed by atoms with van der Waals surface area (Å²) in [6.45, 7) is 0.0215. The lowest BCUT2D eigenvalue weighted by molar-refractivity contribution is -0.122. The number of aromatic nitrogens is 1. The minimum absolute atomic E-state index is 0.0100. The molecule has 5 heteroatoms. The summed E-state index contributed by atoms with van der Waals surface area (Å²) < 4.78 is 0. The highest BCUT2D eigenvalue weighted by Gasteiger charge is 2.32. The average molecular weight is 423 g/mol. The molecule has 1 aliphatic carbocycles. The third-order valence-corrected chi connectivity index (χ3v) is 6.60. The standard InChI is InChI=1S/C25H27ClN2O2/c26-19-9-11-20(12-10-19)28-25(30)22(14-16-29)18-7-5-17(6-8-18)21-13-15-27-24-4-2-1-3-23(21)24/h1-4,9-13,15,17-18,22,29H,5-8,14,16H2,(H,28,30)/t17-,18+,22-/m1/s1. The van der Waals surface area contributed by atoms with Gasteiger partial charge in [0.1, 0.15) is 0 Å². The molecule has 0 aliphatic heterocycles. The maximum absolute atomic E-state index is 12.9. The highest BCUT2D eigenvalue weighted by atomic mass is 35.5. The fourth-order valence-corrected chi connectivity index (χ4v) is 4.92. The van der Waals surface area contributed by atoms with Crippen LogP contribution in [0.1, 0.15) is 43.6 Å². The molecule has 1 amide bonds. The number of pyridine rings is 1.